The molecule has 1 aromatic heterocycles. The smallest absolute Gasteiger partial charge is 0.221 e. The summed E-state index contributed by atoms with van der Waals surface area (Å²) in [5, 5.41) is 0.888. The summed E-state index contributed by atoms with van der Waals surface area (Å²) in [6, 6.07) is 13.7. The molecule has 0 atom stereocenters. The molecule has 104 valence electrons. The summed E-state index contributed by atoms with van der Waals surface area (Å²) in [5.74, 6) is -0.281. The average Bonchev–Trinajstić information content (AvgIpc) is 2.92. The van der Waals surface area contributed by atoms with E-state index in [0.717, 1.165) is 10.9 Å². The van der Waals surface area contributed by atoms with Crippen molar-refractivity contribution in [1.82, 2.24) is 0 Å². The van der Waals surface area contributed by atoms with E-state index >= 15 is 0 Å². The number of halogens is 2. The number of para-hydroxylation sites is 1. The van der Waals surface area contributed by atoms with Crippen LogP contribution in [0, 0.1) is 5.82 Å². The molecule has 0 unspecified atom stereocenters. The minimum Gasteiger partial charge on any atom is -0.453 e. The second-order valence-electron chi connectivity index (χ2n) is 4.52. The molecule has 0 saturated carbocycles. The van der Waals surface area contributed by atoms with Crippen LogP contribution in [-0.4, -0.2) is 5.78 Å². The molecule has 2 nitrogen and oxygen atoms in total. The van der Waals surface area contributed by atoms with Crippen LogP contribution in [0.5, 0.6) is 0 Å². The highest BCUT2D eigenvalue weighted by Crippen LogP contribution is 2.20. The first-order valence-corrected chi connectivity index (χ1v) is 7.09. The minimum absolute atomic E-state index is 0.230. The Balaban J connectivity index is 1.84. The van der Waals surface area contributed by atoms with Gasteiger partial charge in [-0.05, 0) is 51.8 Å². The zero-order valence-corrected chi connectivity index (χ0v) is 12.4. The largest absolute Gasteiger partial charge is 0.453 e. The number of carbonyl (C=O) groups is 1. The van der Waals surface area contributed by atoms with Crippen LogP contribution in [0.15, 0.2) is 63.5 Å². The van der Waals surface area contributed by atoms with Crippen molar-refractivity contribution in [3.63, 3.8) is 0 Å². The molecule has 4 heteroatoms. The summed E-state index contributed by atoms with van der Waals surface area (Å²) in [6.07, 6.45) is 3.04. The highest BCUT2D eigenvalue weighted by molar-refractivity contribution is 9.10. The molecule has 2 aromatic carbocycles. The maximum Gasteiger partial charge on any atom is 0.221 e. The predicted molar refractivity (Wildman–Crippen MR) is 83.7 cm³/mol. The van der Waals surface area contributed by atoms with Crippen LogP contribution in [0.3, 0.4) is 0 Å². The lowest BCUT2D eigenvalue weighted by Crippen LogP contribution is -1.90. The molecule has 0 aliphatic rings. The number of hydrogen-bond acceptors (Lipinski definition) is 2. The van der Waals surface area contributed by atoms with E-state index < -0.39 is 0 Å². The molecule has 0 bridgehead atoms. The van der Waals surface area contributed by atoms with E-state index in [2.05, 4.69) is 15.9 Å². The molecule has 0 fully saturated rings. The highest BCUT2D eigenvalue weighted by atomic mass is 79.9. The number of benzene rings is 2. The molecule has 3 aromatic rings. The summed E-state index contributed by atoms with van der Waals surface area (Å²) in [7, 11) is 0. The lowest BCUT2D eigenvalue weighted by atomic mass is 10.1. The van der Waals surface area contributed by atoms with E-state index in [-0.39, 0.29) is 17.4 Å². The molecule has 0 aliphatic heterocycles. The van der Waals surface area contributed by atoms with Gasteiger partial charge in [0.25, 0.3) is 0 Å². The van der Waals surface area contributed by atoms with Gasteiger partial charge in [0.2, 0.25) is 5.78 Å². The second kappa shape index (κ2) is 5.66. The monoisotopic (exact) mass is 344 g/mol. The molecule has 0 spiro atoms. The number of allylic oxidation sites excluding steroid dienone is 1. The van der Waals surface area contributed by atoms with E-state index in [1.54, 1.807) is 24.3 Å². The Hall–Kier alpha value is -2.20. The third kappa shape index (κ3) is 2.95. The Morgan fingerprint density at radius 1 is 1.14 bits per heavy atom. The fraction of sp³-hybridized carbons (Fsp3) is 0. The molecular weight excluding hydrogens is 335 g/mol. The first kappa shape index (κ1) is 13.8. The lowest BCUT2D eigenvalue weighted by Gasteiger charge is -1.96. The maximum absolute atomic E-state index is 13.1. The summed E-state index contributed by atoms with van der Waals surface area (Å²) in [4.78, 5) is 12.1. The maximum atomic E-state index is 13.1. The first-order chi connectivity index (χ1) is 10.1. The number of carbonyl (C=O) groups excluding carboxylic acids is 1. The van der Waals surface area contributed by atoms with E-state index in [0.29, 0.717) is 10.1 Å². The molecule has 0 saturated heterocycles. The van der Waals surface area contributed by atoms with E-state index in [9.17, 15) is 9.18 Å². The number of ketones is 1. The van der Waals surface area contributed by atoms with Crippen LogP contribution in [0.2, 0.25) is 0 Å². The SMILES string of the molecule is O=C(/C=C/c1ccc(F)c(Br)c1)c1cc2ccccc2o1. The van der Waals surface area contributed by atoms with Crippen LogP contribution in [0.25, 0.3) is 17.0 Å². The van der Waals surface area contributed by atoms with Gasteiger partial charge in [0.1, 0.15) is 11.4 Å². The van der Waals surface area contributed by atoms with Gasteiger partial charge < -0.3 is 4.42 Å². The highest BCUT2D eigenvalue weighted by Gasteiger charge is 2.09. The van der Waals surface area contributed by atoms with Gasteiger partial charge in [-0.1, -0.05) is 30.3 Å². The normalized spacial score (nSPS) is 11.3. The van der Waals surface area contributed by atoms with Crippen molar-refractivity contribution in [2.24, 2.45) is 0 Å². The van der Waals surface area contributed by atoms with E-state index in [4.69, 9.17) is 4.42 Å². The number of rotatable bonds is 3. The van der Waals surface area contributed by atoms with Crippen LogP contribution in [-0.2, 0) is 0 Å². The molecule has 0 amide bonds. The van der Waals surface area contributed by atoms with Crippen molar-refractivity contribution in [1.29, 1.82) is 0 Å². The zero-order valence-electron chi connectivity index (χ0n) is 10.8. The lowest BCUT2D eigenvalue weighted by molar-refractivity contribution is 0.102. The Morgan fingerprint density at radius 3 is 2.71 bits per heavy atom. The summed E-state index contributed by atoms with van der Waals surface area (Å²) in [5.41, 5.74) is 1.41. The van der Waals surface area contributed by atoms with Gasteiger partial charge in [-0.2, -0.15) is 0 Å². The fourth-order valence-electron chi connectivity index (χ4n) is 1.97. The minimum atomic E-state index is -0.337. The van der Waals surface area contributed by atoms with Gasteiger partial charge >= 0.3 is 0 Å². The molecule has 21 heavy (non-hydrogen) atoms. The van der Waals surface area contributed by atoms with E-state index in [1.165, 1.54) is 12.1 Å². The van der Waals surface area contributed by atoms with E-state index in [1.807, 2.05) is 24.3 Å². The van der Waals surface area contributed by atoms with Gasteiger partial charge in [0.05, 0.1) is 4.47 Å². The van der Waals surface area contributed by atoms with Crippen molar-refractivity contribution in [2.45, 2.75) is 0 Å². The van der Waals surface area contributed by atoms with Crippen molar-refractivity contribution < 1.29 is 13.6 Å². The topological polar surface area (TPSA) is 30.2 Å². The first-order valence-electron chi connectivity index (χ1n) is 6.29. The Kier molecular flexibility index (Phi) is 3.71. The summed E-state index contributed by atoms with van der Waals surface area (Å²) < 4.78 is 19.0. The third-order valence-corrected chi connectivity index (χ3v) is 3.65. The summed E-state index contributed by atoms with van der Waals surface area (Å²) in [6.45, 7) is 0. The number of furan rings is 1. The predicted octanol–water partition coefficient (Wildman–Crippen LogP) is 5.23. The molecular formula is C17H10BrFO2. The van der Waals surface area contributed by atoms with Crippen molar-refractivity contribution >= 4 is 38.8 Å². The Bertz CT molecular complexity index is 816. The fourth-order valence-corrected chi connectivity index (χ4v) is 2.37. The van der Waals surface area contributed by atoms with Crippen molar-refractivity contribution in [3.8, 4) is 0 Å². The molecule has 0 radical (unpaired) electrons. The van der Waals surface area contributed by atoms with Crippen molar-refractivity contribution in [2.75, 3.05) is 0 Å². The molecule has 3 rings (SSSR count). The molecule has 0 aliphatic carbocycles. The van der Waals surface area contributed by atoms with Crippen LogP contribution in [0.1, 0.15) is 16.1 Å². The number of fused-ring (bicyclic) bond motifs is 1. The number of hydrogen-bond donors (Lipinski definition) is 0. The van der Waals surface area contributed by atoms with Gasteiger partial charge in [-0.25, -0.2) is 4.39 Å². The van der Waals surface area contributed by atoms with Crippen LogP contribution >= 0.6 is 15.9 Å². The Morgan fingerprint density at radius 2 is 1.95 bits per heavy atom. The van der Waals surface area contributed by atoms with Crippen LogP contribution in [0.4, 0.5) is 4.39 Å². The van der Waals surface area contributed by atoms with Gasteiger partial charge in [-0.15, -0.1) is 0 Å². The second-order valence-corrected chi connectivity index (χ2v) is 5.37. The van der Waals surface area contributed by atoms with Crippen molar-refractivity contribution in [3.05, 3.63) is 76.2 Å². The van der Waals surface area contributed by atoms with Gasteiger partial charge in [0, 0.05) is 5.39 Å². The average molecular weight is 345 g/mol. The zero-order chi connectivity index (χ0) is 14.8. The molecule has 0 N–H and O–H groups in total. The summed E-state index contributed by atoms with van der Waals surface area (Å²) >= 11 is 3.11. The van der Waals surface area contributed by atoms with Gasteiger partial charge in [-0.3, -0.25) is 4.79 Å². The molecule has 1 heterocycles. The standard InChI is InChI=1S/C17H10BrFO2/c18-13-9-11(5-7-14(13)19)6-8-15(20)17-10-12-3-1-2-4-16(12)21-17/h1-10H/b8-6+. The Labute approximate surface area is 129 Å². The third-order valence-electron chi connectivity index (χ3n) is 3.04. The quantitative estimate of drug-likeness (QED) is 0.481. The van der Waals surface area contributed by atoms with Gasteiger partial charge in [0.15, 0.2) is 5.76 Å². The van der Waals surface area contributed by atoms with Crippen LogP contribution < -0.4 is 0 Å².